The standard InChI is InChI=1S/C16H19NO2/c1-19-12-15-8-3-2-6-13(15)10-17-16-9-5-4-7-14(16)11-18/h2-9,17-18H,10-12H2,1H3. The van der Waals surface area contributed by atoms with E-state index in [1.165, 1.54) is 11.1 Å². The molecule has 2 aromatic carbocycles. The Morgan fingerprint density at radius 2 is 1.58 bits per heavy atom. The van der Waals surface area contributed by atoms with Gasteiger partial charge in [0.2, 0.25) is 0 Å². The highest BCUT2D eigenvalue weighted by Gasteiger charge is 2.03. The van der Waals surface area contributed by atoms with E-state index in [9.17, 15) is 5.11 Å². The molecule has 100 valence electrons. The molecule has 0 unspecified atom stereocenters. The van der Waals surface area contributed by atoms with Crippen molar-refractivity contribution in [1.82, 2.24) is 0 Å². The third-order valence-corrected chi connectivity index (χ3v) is 3.08. The van der Waals surface area contributed by atoms with Crippen LogP contribution < -0.4 is 5.32 Å². The van der Waals surface area contributed by atoms with Gasteiger partial charge in [0.1, 0.15) is 0 Å². The molecule has 19 heavy (non-hydrogen) atoms. The summed E-state index contributed by atoms with van der Waals surface area (Å²) >= 11 is 0. The van der Waals surface area contributed by atoms with Gasteiger partial charge in [-0.25, -0.2) is 0 Å². The highest BCUT2D eigenvalue weighted by Crippen LogP contribution is 2.17. The van der Waals surface area contributed by atoms with Crippen molar-refractivity contribution in [2.24, 2.45) is 0 Å². The summed E-state index contributed by atoms with van der Waals surface area (Å²) < 4.78 is 5.20. The second-order valence-corrected chi connectivity index (χ2v) is 4.37. The number of anilines is 1. The molecule has 0 spiro atoms. The molecule has 0 heterocycles. The van der Waals surface area contributed by atoms with Crippen LogP contribution in [-0.4, -0.2) is 12.2 Å². The fourth-order valence-corrected chi connectivity index (χ4v) is 2.05. The van der Waals surface area contributed by atoms with Crippen molar-refractivity contribution in [3.05, 3.63) is 65.2 Å². The summed E-state index contributed by atoms with van der Waals surface area (Å²) in [6.07, 6.45) is 0. The molecule has 0 aliphatic carbocycles. The van der Waals surface area contributed by atoms with E-state index in [0.29, 0.717) is 6.61 Å². The van der Waals surface area contributed by atoms with Gasteiger partial charge in [0.25, 0.3) is 0 Å². The fourth-order valence-electron chi connectivity index (χ4n) is 2.05. The Hall–Kier alpha value is -1.84. The van der Waals surface area contributed by atoms with E-state index in [1.54, 1.807) is 7.11 Å². The molecular weight excluding hydrogens is 238 g/mol. The number of para-hydroxylation sites is 1. The number of aliphatic hydroxyl groups excluding tert-OH is 1. The molecule has 2 rings (SSSR count). The van der Waals surface area contributed by atoms with Crippen molar-refractivity contribution in [3.63, 3.8) is 0 Å². The Balaban J connectivity index is 2.10. The first-order valence-corrected chi connectivity index (χ1v) is 6.33. The van der Waals surface area contributed by atoms with Gasteiger partial charge in [0.15, 0.2) is 0 Å². The highest BCUT2D eigenvalue weighted by atomic mass is 16.5. The second-order valence-electron chi connectivity index (χ2n) is 4.37. The zero-order valence-corrected chi connectivity index (χ0v) is 11.1. The first kappa shape index (κ1) is 13.6. The minimum absolute atomic E-state index is 0.0445. The lowest BCUT2D eigenvalue weighted by molar-refractivity contribution is 0.184. The minimum atomic E-state index is 0.0445. The van der Waals surface area contributed by atoms with Crippen molar-refractivity contribution in [1.29, 1.82) is 0 Å². The van der Waals surface area contributed by atoms with Crippen LogP contribution in [0.3, 0.4) is 0 Å². The van der Waals surface area contributed by atoms with Crippen LogP contribution in [0.4, 0.5) is 5.69 Å². The van der Waals surface area contributed by atoms with Crippen LogP contribution in [0.5, 0.6) is 0 Å². The van der Waals surface area contributed by atoms with Crippen LogP contribution in [0.15, 0.2) is 48.5 Å². The maximum Gasteiger partial charge on any atom is 0.0716 e. The molecule has 0 amide bonds. The van der Waals surface area contributed by atoms with Crippen LogP contribution in [0.2, 0.25) is 0 Å². The number of nitrogens with one attached hydrogen (secondary N) is 1. The highest BCUT2D eigenvalue weighted by molar-refractivity contribution is 5.51. The molecule has 2 aromatic rings. The largest absolute Gasteiger partial charge is 0.392 e. The SMILES string of the molecule is COCc1ccccc1CNc1ccccc1CO. The van der Waals surface area contributed by atoms with Crippen LogP contribution in [0.25, 0.3) is 0 Å². The number of rotatable bonds is 6. The molecular formula is C16H19NO2. The summed E-state index contributed by atoms with van der Waals surface area (Å²) in [6, 6.07) is 16.0. The zero-order chi connectivity index (χ0) is 13.5. The fraction of sp³-hybridized carbons (Fsp3) is 0.250. The quantitative estimate of drug-likeness (QED) is 0.836. The summed E-state index contributed by atoms with van der Waals surface area (Å²) in [5, 5.41) is 12.7. The Morgan fingerprint density at radius 3 is 2.26 bits per heavy atom. The first-order chi connectivity index (χ1) is 9.35. The Kier molecular flexibility index (Phi) is 4.95. The van der Waals surface area contributed by atoms with E-state index in [2.05, 4.69) is 17.4 Å². The van der Waals surface area contributed by atoms with E-state index in [4.69, 9.17) is 4.74 Å². The van der Waals surface area contributed by atoms with Gasteiger partial charge >= 0.3 is 0 Å². The first-order valence-electron chi connectivity index (χ1n) is 6.33. The molecule has 0 fully saturated rings. The van der Waals surface area contributed by atoms with Gasteiger partial charge < -0.3 is 15.2 Å². The zero-order valence-electron chi connectivity index (χ0n) is 11.1. The van der Waals surface area contributed by atoms with E-state index in [0.717, 1.165) is 17.8 Å². The number of hydrogen-bond acceptors (Lipinski definition) is 3. The van der Waals surface area contributed by atoms with Crippen molar-refractivity contribution >= 4 is 5.69 Å². The van der Waals surface area contributed by atoms with E-state index >= 15 is 0 Å². The summed E-state index contributed by atoms with van der Waals surface area (Å²) in [5.74, 6) is 0. The van der Waals surface area contributed by atoms with Crippen LogP contribution in [0, 0.1) is 0 Å². The summed E-state index contributed by atoms with van der Waals surface area (Å²) in [5.41, 5.74) is 4.26. The Morgan fingerprint density at radius 1 is 0.947 bits per heavy atom. The smallest absolute Gasteiger partial charge is 0.0716 e. The normalized spacial score (nSPS) is 10.4. The molecule has 0 atom stereocenters. The van der Waals surface area contributed by atoms with Gasteiger partial charge in [-0.15, -0.1) is 0 Å². The topological polar surface area (TPSA) is 41.5 Å². The molecule has 3 nitrogen and oxygen atoms in total. The maximum atomic E-state index is 9.29. The lowest BCUT2D eigenvalue weighted by Gasteiger charge is -2.13. The van der Waals surface area contributed by atoms with Crippen molar-refractivity contribution in [3.8, 4) is 0 Å². The number of aliphatic hydroxyl groups is 1. The molecule has 0 saturated heterocycles. The van der Waals surface area contributed by atoms with Gasteiger partial charge in [0.05, 0.1) is 13.2 Å². The second kappa shape index (κ2) is 6.92. The molecule has 0 radical (unpaired) electrons. The van der Waals surface area contributed by atoms with Gasteiger partial charge in [0, 0.05) is 24.9 Å². The van der Waals surface area contributed by atoms with E-state index in [1.807, 2.05) is 36.4 Å². The lowest BCUT2D eigenvalue weighted by Crippen LogP contribution is -2.05. The van der Waals surface area contributed by atoms with E-state index < -0.39 is 0 Å². The number of benzene rings is 2. The minimum Gasteiger partial charge on any atom is -0.392 e. The van der Waals surface area contributed by atoms with Crippen LogP contribution in [-0.2, 0) is 24.5 Å². The maximum absolute atomic E-state index is 9.29. The Labute approximate surface area is 113 Å². The number of methoxy groups -OCH3 is 1. The summed E-state index contributed by atoms with van der Waals surface area (Å²) in [6.45, 7) is 1.37. The predicted molar refractivity (Wildman–Crippen MR) is 76.8 cm³/mol. The van der Waals surface area contributed by atoms with Crippen LogP contribution in [0.1, 0.15) is 16.7 Å². The summed E-state index contributed by atoms with van der Waals surface area (Å²) in [4.78, 5) is 0. The average Bonchev–Trinajstić information content (AvgIpc) is 2.47. The third-order valence-electron chi connectivity index (χ3n) is 3.08. The number of hydrogen-bond donors (Lipinski definition) is 2. The molecule has 0 aliphatic heterocycles. The van der Waals surface area contributed by atoms with Crippen LogP contribution >= 0.6 is 0 Å². The molecule has 0 aliphatic rings. The molecule has 0 bridgehead atoms. The van der Waals surface area contributed by atoms with Crippen molar-refractivity contribution in [2.45, 2.75) is 19.8 Å². The van der Waals surface area contributed by atoms with E-state index in [-0.39, 0.29) is 6.61 Å². The Bertz CT molecular complexity index is 526. The van der Waals surface area contributed by atoms with Gasteiger partial charge in [-0.1, -0.05) is 42.5 Å². The number of ether oxygens (including phenoxy) is 1. The van der Waals surface area contributed by atoms with Gasteiger partial charge in [-0.2, -0.15) is 0 Å². The molecule has 0 saturated carbocycles. The van der Waals surface area contributed by atoms with Crippen molar-refractivity contribution < 1.29 is 9.84 Å². The van der Waals surface area contributed by atoms with Gasteiger partial charge in [-0.3, -0.25) is 0 Å². The van der Waals surface area contributed by atoms with Crippen molar-refractivity contribution in [2.75, 3.05) is 12.4 Å². The van der Waals surface area contributed by atoms with Gasteiger partial charge in [-0.05, 0) is 17.2 Å². The summed E-state index contributed by atoms with van der Waals surface area (Å²) in [7, 11) is 1.70. The lowest BCUT2D eigenvalue weighted by atomic mass is 10.1. The molecule has 2 N–H and O–H groups in total. The average molecular weight is 257 g/mol. The monoisotopic (exact) mass is 257 g/mol. The molecule has 3 heteroatoms. The predicted octanol–water partition coefficient (Wildman–Crippen LogP) is 2.94. The third kappa shape index (κ3) is 3.56. The molecule has 0 aromatic heterocycles.